The number of benzene rings is 1. The van der Waals surface area contributed by atoms with E-state index in [1.54, 1.807) is 12.1 Å². The van der Waals surface area contributed by atoms with Crippen LogP contribution in [0.1, 0.15) is 44.1 Å². The topological polar surface area (TPSA) is 49.3 Å². The molecule has 4 heteroatoms. The molecule has 0 heterocycles. The van der Waals surface area contributed by atoms with Crippen molar-refractivity contribution in [2.45, 2.75) is 44.1 Å². The first-order valence-corrected chi connectivity index (χ1v) is 6.84. The van der Waals surface area contributed by atoms with Gasteiger partial charge in [0.2, 0.25) is 5.91 Å². The zero-order valence-corrected chi connectivity index (χ0v) is 11.0. The lowest BCUT2D eigenvalue weighted by Gasteiger charge is -2.31. The van der Waals surface area contributed by atoms with Crippen molar-refractivity contribution in [1.82, 2.24) is 5.32 Å². The van der Waals surface area contributed by atoms with Gasteiger partial charge in [-0.05, 0) is 37.0 Å². The van der Waals surface area contributed by atoms with E-state index in [1.165, 1.54) is 12.1 Å². The van der Waals surface area contributed by atoms with Gasteiger partial charge in [0.1, 0.15) is 5.82 Å². The number of aliphatic hydroxyl groups excluding tert-OH is 1. The first-order valence-electron chi connectivity index (χ1n) is 6.84. The Labute approximate surface area is 112 Å². The molecule has 2 rings (SSSR count). The van der Waals surface area contributed by atoms with E-state index in [4.69, 9.17) is 5.11 Å². The number of nitrogens with one attached hydrogen (secondary N) is 1. The number of hydrogen-bond donors (Lipinski definition) is 2. The molecule has 0 saturated heterocycles. The number of carbonyl (C=O) groups is 1. The summed E-state index contributed by atoms with van der Waals surface area (Å²) in [6, 6.07) is 6.39. The molecule has 0 radical (unpaired) electrons. The van der Waals surface area contributed by atoms with Crippen LogP contribution >= 0.6 is 0 Å². The molecule has 0 atom stereocenters. The maximum Gasteiger partial charge on any atom is 0.220 e. The summed E-state index contributed by atoms with van der Waals surface area (Å²) in [5.74, 6) is -0.302. The highest BCUT2D eigenvalue weighted by Crippen LogP contribution is 2.38. The summed E-state index contributed by atoms with van der Waals surface area (Å²) >= 11 is 0. The molecule has 3 nitrogen and oxygen atoms in total. The molecule has 0 unspecified atom stereocenters. The van der Waals surface area contributed by atoms with Crippen LogP contribution in [0.3, 0.4) is 0 Å². The minimum absolute atomic E-state index is 0.0248. The van der Waals surface area contributed by atoms with Crippen LogP contribution in [0, 0.1) is 5.82 Å². The second-order valence-electron chi connectivity index (χ2n) is 5.17. The van der Waals surface area contributed by atoms with Crippen molar-refractivity contribution in [1.29, 1.82) is 0 Å². The van der Waals surface area contributed by atoms with Crippen molar-refractivity contribution in [3.63, 3.8) is 0 Å². The van der Waals surface area contributed by atoms with Crippen LogP contribution in [0.2, 0.25) is 0 Å². The van der Waals surface area contributed by atoms with Crippen molar-refractivity contribution in [2.24, 2.45) is 0 Å². The van der Waals surface area contributed by atoms with Crippen LogP contribution in [-0.4, -0.2) is 17.6 Å². The standard InChI is InChI=1S/C15H20FNO2/c16-13-7-5-12(6-8-13)15(9-1-2-10-15)17-14(19)4-3-11-18/h5-8,18H,1-4,9-11H2,(H,17,19). The summed E-state index contributed by atoms with van der Waals surface area (Å²) < 4.78 is 13.0. The van der Waals surface area contributed by atoms with Crippen molar-refractivity contribution in [3.8, 4) is 0 Å². The van der Waals surface area contributed by atoms with E-state index < -0.39 is 0 Å². The molecule has 0 spiro atoms. The molecule has 1 saturated carbocycles. The van der Waals surface area contributed by atoms with Gasteiger partial charge >= 0.3 is 0 Å². The van der Waals surface area contributed by atoms with E-state index in [0.29, 0.717) is 12.8 Å². The largest absolute Gasteiger partial charge is 0.396 e. The van der Waals surface area contributed by atoms with E-state index in [2.05, 4.69) is 5.32 Å². The molecule has 1 aromatic carbocycles. The number of halogens is 1. The fraction of sp³-hybridized carbons (Fsp3) is 0.533. The molecule has 0 bridgehead atoms. The average Bonchev–Trinajstić information content (AvgIpc) is 2.86. The number of hydrogen-bond acceptors (Lipinski definition) is 2. The summed E-state index contributed by atoms with van der Waals surface area (Å²) in [6.07, 6.45) is 4.73. The van der Waals surface area contributed by atoms with Gasteiger partial charge in [-0.1, -0.05) is 25.0 Å². The normalized spacial score (nSPS) is 17.4. The maximum atomic E-state index is 13.0. The predicted octanol–water partition coefficient (Wildman–Crippen LogP) is 2.48. The van der Waals surface area contributed by atoms with Gasteiger partial charge in [-0.25, -0.2) is 4.39 Å². The third-order valence-electron chi connectivity index (χ3n) is 3.79. The SMILES string of the molecule is O=C(CCCO)NC1(c2ccc(F)cc2)CCCC1. The van der Waals surface area contributed by atoms with Gasteiger partial charge in [0, 0.05) is 13.0 Å². The number of aliphatic hydroxyl groups is 1. The third-order valence-corrected chi connectivity index (χ3v) is 3.79. The maximum absolute atomic E-state index is 13.0. The fourth-order valence-corrected chi connectivity index (χ4v) is 2.80. The van der Waals surface area contributed by atoms with E-state index in [9.17, 15) is 9.18 Å². The van der Waals surface area contributed by atoms with E-state index in [0.717, 1.165) is 31.2 Å². The Balaban J connectivity index is 2.13. The molecule has 1 aliphatic rings. The molecular weight excluding hydrogens is 245 g/mol. The van der Waals surface area contributed by atoms with E-state index in [1.807, 2.05) is 0 Å². The van der Waals surface area contributed by atoms with Crippen LogP contribution in [0.25, 0.3) is 0 Å². The zero-order valence-electron chi connectivity index (χ0n) is 11.0. The van der Waals surface area contributed by atoms with Gasteiger partial charge in [0.15, 0.2) is 0 Å². The Morgan fingerprint density at radius 1 is 1.26 bits per heavy atom. The lowest BCUT2D eigenvalue weighted by atomic mass is 9.88. The van der Waals surface area contributed by atoms with Gasteiger partial charge in [-0.3, -0.25) is 4.79 Å². The van der Waals surface area contributed by atoms with Gasteiger partial charge in [0.25, 0.3) is 0 Å². The summed E-state index contributed by atoms with van der Waals surface area (Å²) in [5, 5.41) is 11.9. The molecule has 1 aliphatic carbocycles. The second-order valence-corrected chi connectivity index (χ2v) is 5.17. The third kappa shape index (κ3) is 3.32. The monoisotopic (exact) mass is 265 g/mol. The van der Waals surface area contributed by atoms with Crippen LogP contribution in [0.5, 0.6) is 0 Å². The van der Waals surface area contributed by atoms with Crippen LogP contribution in [-0.2, 0) is 10.3 Å². The molecule has 104 valence electrons. The molecule has 0 aliphatic heterocycles. The first-order chi connectivity index (χ1) is 9.16. The Morgan fingerprint density at radius 3 is 2.47 bits per heavy atom. The van der Waals surface area contributed by atoms with Gasteiger partial charge in [-0.15, -0.1) is 0 Å². The Kier molecular flexibility index (Phi) is 4.53. The minimum atomic E-state index is -0.347. The highest BCUT2D eigenvalue weighted by Gasteiger charge is 2.36. The highest BCUT2D eigenvalue weighted by molar-refractivity contribution is 5.77. The van der Waals surface area contributed by atoms with E-state index in [-0.39, 0.29) is 23.9 Å². The van der Waals surface area contributed by atoms with Crippen LogP contribution in [0.4, 0.5) is 4.39 Å². The summed E-state index contributed by atoms with van der Waals surface area (Å²) in [5.41, 5.74) is 0.629. The molecule has 1 fully saturated rings. The zero-order chi connectivity index (χ0) is 13.7. The van der Waals surface area contributed by atoms with Gasteiger partial charge < -0.3 is 10.4 Å². The minimum Gasteiger partial charge on any atom is -0.396 e. The van der Waals surface area contributed by atoms with Gasteiger partial charge in [-0.2, -0.15) is 0 Å². The number of rotatable bonds is 5. The Bertz CT molecular complexity index is 424. The van der Waals surface area contributed by atoms with Crippen LogP contribution < -0.4 is 5.32 Å². The van der Waals surface area contributed by atoms with Gasteiger partial charge in [0.05, 0.1) is 5.54 Å². The molecular formula is C15H20FNO2. The molecule has 1 aromatic rings. The summed E-state index contributed by atoms with van der Waals surface area (Å²) in [6.45, 7) is 0.0248. The first kappa shape index (κ1) is 14.0. The van der Waals surface area contributed by atoms with Crippen molar-refractivity contribution in [2.75, 3.05) is 6.61 Å². The lowest BCUT2D eigenvalue weighted by molar-refractivity contribution is -0.123. The Hall–Kier alpha value is -1.42. The smallest absolute Gasteiger partial charge is 0.220 e. The number of amides is 1. The lowest BCUT2D eigenvalue weighted by Crippen LogP contribution is -2.43. The summed E-state index contributed by atoms with van der Waals surface area (Å²) in [7, 11) is 0. The van der Waals surface area contributed by atoms with Crippen molar-refractivity contribution >= 4 is 5.91 Å². The predicted molar refractivity (Wildman–Crippen MR) is 71.0 cm³/mol. The molecule has 2 N–H and O–H groups in total. The fourth-order valence-electron chi connectivity index (χ4n) is 2.80. The molecule has 19 heavy (non-hydrogen) atoms. The summed E-state index contributed by atoms with van der Waals surface area (Å²) in [4.78, 5) is 11.9. The highest BCUT2D eigenvalue weighted by atomic mass is 19.1. The average molecular weight is 265 g/mol. The molecule has 1 amide bonds. The van der Waals surface area contributed by atoms with Crippen molar-refractivity contribution in [3.05, 3.63) is 35.6 Å². The second kappa shape index (κ2) is 6.15. The van der Waals surface area contributed by atoms with E-state index >= 15 is 0 Å². The Morgan fingerprint density at radius 2 is 1.89 bits per heavy atom. The van der Waals surface area contributed by atoms with Crippen LogP contribution in [0.15, 0.2) is 24.3 Å². The molecule has 0 aromatic heterocycles. The number of carbonyl (C=O) groups excluding carboxylic acids is 1. The van der Waals surface area contributed by atoms with Crippen molar-refractivity contribution < 1.29 is 14.3 Å². The quantitative estimate of drug-likeness (QED) is 0.859.